The topological polar surface area (TPSA) is 60.0 Å². The molecule has 2 aromatic rings. The molecule has 2 N–H and O–H groups in total. The lowest BCUT2D eigenvalue weighted by molar-refractivity contribution is 0.699. The van der Waals surface area contributed by atoms with Gasteiger partial charge in [-0.3, -0.25) is 9.67 Å². The van der Waals surface area contributed by atoms with Crippen LogP contribution >= 0.6 is 12.2 Å². The Morgan fingerprint density at radius 3 is 2.67 bits per heavy atom. The van der Waals surface area contributed by atoms with Crippen molar-refractivity contribution in [1.82, 2.24) is 14.8 Å². The van der Waals surface area contributed by atoms with E-state index < -0.39 is 0 Å². The monoisotopic (exact) mass is 303 g/mol. The second-order valence-electron chi connectivity index (χ2n) is 5.06. The molecule has 2 rings (SSSR count). The normalized spacial score (nSPS) is 10.7. The maximum atomic E-state index is 5.87. The number of nitrogens with two attached hydrogens (primary N) is 1. The average molecular weight is 303 g/mol. The van der Waals surface area contributed by atoms with Gasteiger partial charge >= 0.3 is 0 Å². The second kappa shape index (κ2) is 6.22. The summed E-state index contributed by atoms with van der Waals surface area (Å²) in [5.41, 5.74) is 9.61. The first-order chi connectivity index (χ1) is 9.93. The molecule has 0 aromatic carbocycles. The molecule has 0 atom stereocenters. The summed E-state index contributed by atoms with van der Waals surface area (Å²) in [6.45, 7) is 7.55. The van der Waals surface area contributed by atoms with Crippen molar-refractivity contribution in [2.45, 2.75) is 27.3 Å². The lowest BCUT2D eigenvalue weighted by Crippen LogP contribution is -2.27. The fourth-order valence-electron chi connectivity index (χ4n) is 2.52. The molecule has 0 amide bonds. The number of hydrogen-bond acceptors (Lipinski definition) is 4. The molecule has 112 valence electrons. The third kappa shape index (κ3) is 3.21. The molecule has 0 spiro atoms. The van der Waals surface area contributed by atoms with Crippen molar-refractivity contribution in [1.29, 1.82) is 0 Å². The Balaban J connectivity index is 2.40. The Kier molecular flexibility index (Phi) is 4.57. The zero-order valence-corrected chi connectivity index (χ0v) is 13.7. The van der Waals surface area contributed by atoms with Crippen molar-refractivity contribution in [3.8, 4) is 0 Å². The van der Waals surface area contributed by atoms with E-state index >= 15 is 0 Å². The Bertz CT molecular complexity index is 662. The van der Waals surface area contributed by atoms with Crippen LogP contribution < -0.4 is 10.6 Å². The summed E-state index contributed by atoms with van der Waals surface area (Å²) in [6.07, 6.45) is 0. The number of rotatable bonds is 5. The van der Waals surface area contributed by atoms with E-state index in [4.69, 9.17) is 18.0 Å². The molecular weight excluding hydrogens is 282 g/mol. The highest BCUT2D eigenvalue weighted by Gasteiger charge is 2.20. The average Bonchev–Trinajstić information content (AvgIpc) is 2.71. The molecule has 0 bridgehead atoms. The molecule has 0 aliphatic heterocycles. The van der Waals surface area contributed by atoms with Crippen molar-refractivity contribution in [3.63, 3.8) is 0 Å². The van der Waals surface area contributed by atoms with Crippen LogP contribution in [0.2, 0.25) is 0 Å². The van der Waals surface area contributed by atoms with Gasteiger partial charge in [0.1, 0.15) is 10.8 Å². The lowest BCUT2D eigenvalue weighted by Gasteiger charge is -2.24. The van der Waals surface area contributed by atoms with Gasteiger partial charge in [-0.1, -0.05) is 18.3 Å². The number of thiocarbonyl (C=S) groups is 1. The lowest BCUT2D eigenvalue weighted by atomic mass is 10.2. The van der Waals surface area contributed by atoms with Gasteiger partial charge in [-0.05, 0) is 32.9 Å². The van der Waals surface area contributed by atoms with Crippen LogP contribution in [0.4, 0.5) is 5.82 Å². The van der Waals surface area contributed by atoms with Crippen molar-refractivity contribution in [3.05, 3.63) is 40.8 Å². The van der Waals surface area contributed by atoms with Gasteiger partial charge < -0.3 is 10.6 Å². The van der Waals surface area contributed by atoms with Gasteiger partial charge in [-0.15, -0.1) is 0 Å². The summed E-state index contributed by atoms with van der Waals surface area (Å²) in [6, 6.07) is 6.04. The van der Waals surface area contributed by atoms with Crippen LogP contribution in [0.1, 0.15) is 29.6 Å². The van der Waals surface area contributed by atoms with Crippen LogP contribution in [0.3, 0.4) is 0 Å². The van der Waals surface area contributed by atoms with Crippen molar-refractivity contribution in [2.24, 2.45) is 12.8 Å². The predicted molar refractivity (Wildman–Crippen MR) is 89.5 cm³/mol. The molecule has 2 heterocycles. The maximum Gasteiger partial charge on any atom is 0.137 e. The highest BCUT2D eigenvalue weighted by Crippen LogP contribution is 2.24. The van der Waals surface area contributed by atoms with E-state index in [0.717, 1.165) is 35.0 Å². The maximum absolute atomic E-state index is 5.87. The number of pyridine rings is 1. The van der Waals surface area contributed by atoms with E-state index in [9.17, 15) is 0 Å². The number of aromatic nitrogens is 3. The summed E-state index contributed by atoms with van der Waals surface area (Å²) in [5.74, 6) is 0.950. The fourth-order valence-corrected chi connectivity index (χ4v) is 2.76. The van der Waals surface area contributed by atoms with E-state index in [0.29, 0.717) is 11.5 Å². The van der Waals surface area contributed by atoms with Gasteiger partial charge in [0.2, 0.25) is 0 Å². The first-order valence-electron chi connectivity index (χ1n) is 6.95. The molecule has 21 heavy (non-hydrogen) atoms. The Morgan fingerprint density at radius 2 is 2.10 bits per heavy atom. The fraction of sp³-hybridized carbons (Fsp3) is 0.400. The third-order valence-electron chi connectivity index (χ3n) is 3.42. The Labute approximate surface area is 130 Å². The molecule has 0 fully saturated rings. The van der Waals surface area contributed by atoms with E-state index in [1.807, 2.05) is 43.8 Å². The van der Waals surface area contributed by atoms with Gasteiger partial charge in [-0.25, -0.2) is 0 Å². The van der Waals surface area contributed by atoms with Crippen LogP contribution in [-0.2, 0) is 13.6 Å². The standard InChI is InChI=1S/C15H21N5S/c1-5-20(9-12-8-6-7-10(2)17-12)15-13(14(16)21)11(3)18-19(15)4/h6-8H,5,9H2,1-4H3,(H2,16,21). The molecule has 0 saturated carbocycles. The summed E-state index contributed by atoms with van der Waals surface area (Å²) in [7, 11) is 1.91. The highest BCUT2D eigenvalue weighted by molar-refractivity contribution is 7.80. The van der Waals surface area contributed by atoms with E-state index in [1.54, 1.807) is 0 Å². The Morgan fingerprint density at radius 1 is 1.38 bits per heavy atom. The summed E-state index contributed by atoms with van der Waals surface area (Å²) >= 11 is 5.19. The third-order valence-corrected chi connectivity index (χ3v) is 3.62. The largest absolute Gasteiger partial charge is 0.389 e. The van der Waals surface area contributed by atoms with E-state index in [2.05, 4.69) is 21.9 Å². The SMILES string of the molecule is CCN(Cc1cccc(C)n1)c1c(C(N)=S)c(C)nn1C. The molecule has 2 aromatic heterocycles. The van der Waals surface area contributed by atoms with Crippen LogP contribution in [0.15, 0.2) is 18.2 Å². The minimum Gasteiger partial charge on any atom is -0.389 e. The number of aryl methyl sites for hydroxylation is 3. The van der Waals surface area contributed by atoms with Crippen LogP contribution in [0.25, 0.3) is 0 Å². The zero-order valence-electron chi connectivity index (χ0n) is 12.9. The van der Waals surface area contributed by atoms with Crippen molar-refractivity contribution >= 4 is 23.0 Å². The van der Waals surface area contributed by atoms with Crippen molar-refractivity contribution < 1.29 is 0 Å². The number of nitrogens with zero attached hydrogens (tertiary/aromatic N) is 4. The summed E-state index contributed by atoms with van der Waals surface area (Å²) < 4.78 is 1.84. The zero-order chi connectivity index (χ0) is 15.6. The molecule has 0 aliphatic rings. The number of anilines is 1. The van der Waals surface area contributed by atoms with Crippen LogP contribution in [0.5, 0.6) is 0 Å². The van der Waals surface area contributed by atoms with Gasteiger partial charge in [0.05, 0.1) is 23.5 Å². The molecule has 0 saturated heterocycles. The first kappa shape index (κ1) is 15.4. The van der Waals surface area contributed by atoms with Crippen LogP contribution in [-0.4, -0.2) is 26.3 Å². The molecule has 6 heteroatoms. The molecule has 0 radical (unpaired) electrons. The minimum absolute atomic E-state index is 0.381. The second-order valence-corrected chi connectivity index (χ2v) is 5.50. The van der Waals surface area contributed by atoms with Crippen LogP contribution in [0, 0.1) is 13.8 Å². The van der Waals surface area contributed by atoms with E-state index in [-0.39, 0.29) is 0 Å². The molecule has 5 nitrogen and oxygen atoms in total. The smallest absolute Gasteiger partial charge is 0.137 e. The highest BCUT2D eigenvalue weighted by atomic mass is 32.1. The van der Waals surface area contributed by atoms with Gasteiger partial charge in [0, 0.05) is 19.3 Å². The number of hydrogen-bond donors (Lipinski definition) is 1. The van der Waals surface area contributed by atoms with Gasteiger partial charge in [0.15, 0.2) is 0 Å². The quantitative estimate of drug-likeness (QED) is 0.857. The molecule has 0 unspecified atom stereocenters. The summed E-state index contributed by atoms with van der Waals surface area (Å²) in [4.78, 5) is 7.13. The van der Waals surface area contributed by atoms with Gasteiger partial charge in [0.25, 0.3) is 0 Å². The minimum atomic E-state index is 0.381. The Hall–Kier alpha value is -1.95. The van der Waals surface area contributed by atoms with Crippen molar-refractivity contribution in [2.75, 3.05) is 11.4 Å². The predicted octanol–water partition coefficient (Wildman–Crippen LogP) is 2.09. The molecule has 0 aliphatic carbocycles. The summed E-state index contributed by atoms with van der Waals surface area (Å²) in [5, 5.41) is 4.45. The van der Waals surface area contributed by atoms with E-state index in [1.165, 1.54) is 0 Å². The van der Waals surface area contributed by atoms with Gasteiger partial charge in [-0.2, -0.15) is 5.10 Å². The first-order valence-corrected chi connectivity index (χ1v) is 7.35. The molecular formula is C15H21N5S.